The third-order valence-corrected chi connectivity index (χ3v) is 6.31. The summed E-state index contributed by atoms with van der Waals surface area (Å²) in [7, 11) is 1.60. The maximum absolute atomic E-state index is 15.1. The van der Waals surface area contributed by atoms with Crippen LogP contribution in [0.4, 0.5) is 4.39 Å². The first-order chi connectivity index (χ1) is 16.0. The lowest BCUT2D eigenvalue weighted by Crippen LogP contribution is -2.35. The lowest BCUT2D eigenvalue weighted by Gasteiger charge is -2.29. The molecule has 0 amide bonds. The molecule has 1 unspecified atom stereocenters. The lowest BCUT2D eigenvalue weighted by molar-refractivity contribution is 0.124. The number of nitrogens with one attached hydrogen (secondary N) is 2. The number of hydrogen-bond donors (Lipinski definition) is 2. The van der Waals surface area contributed by atoms with Crippen molar-refractivity contribution in [2.75, 3.05) is 20.2 Å². The molecule has 1 aliphatic rings. The number of rotatable bonds is 6. The minimum atomic E-state index is -0.426. The van der Waals surface area contributed by atoms with Gasteiger partial charge < -0.3 is 24.5 Å². The summed E-state index contributed by atoms with van der Waals surface area (Å²) in [5.41, 5.74) is 2.19. The van der Waals surface area contributed by atoms with Gasteiger partial charge in [-0.15, -0.1) is 0 Å². The van der Waals surface area contributed by atoms with E-state index < -0.39 is 5.82 Å². The van der Waals surface area contributed by atoms with Crippen molar-refractivity contribution in [3.05, 3.63) is 48.0 Å². The Labute approximate surface area is 191 Å². The Bertz CT molecular complexity index is 1300. The van der Waals surface area contributed by atoms with Crippen LogP contribution in [0.25, 0.3) is 21.8 Å². The Morgan fingerprint density at radius 3 is 2.64 bits per heavy atom. The van der Waals surface area contributed by atoms with E-state index in [2.05, 4.69) is 27.4 Å². The van der Waals surface area contributed by atoms with Crippen LogP contribution in [-0.4, -0.2) is 41.5 Å². The molecule has 7 nitrogen and oxygen atoms in total. The van der Waals surface area contributed by atoms with Gasteiger partial charge in [0, 0.05) is 22.7 Å². The maximum atomic E-state index is 15.1. The second-order valence-corrected chi connectivity index (χ2v) is 8.53. The molecule has 1 fully saturated rings. The van der Waals surface area contributed by atoms with Crippen molar-refractivity contribution in [1.29, 1.82) is 0 Å². The number of aryl methyl sites for hydroxylation is 1. The molecular weight excluding hydrogens is 423 g/mol. The average Bonchev–Trinajstić information content (AvgIpc) is 3.22. The number of benzene rings is 2. The minimum absolute atomic E-state index is 0.0384. The molecule has 2 aromatic heterocycles. The van der Waals surface area contributed by atoms with Gasteiger partial charge in [0.05, 0.1) is 24.8 Å². The van der Waals surface area contributed by atoms with E-state index in [4.69, 9.17) is 14.2 Å². The molecule has 5 rings (SSSR count). The van der Waals surface area contributed by atoms with Crippen LogP contribution in [0, 0.1) is 18.7 Å². The van der Waals surface area contributed by atoms with Crippen LogP contribution < -0.4 is 19.5 Å². The fourth-order valence-corrected chi connectivity index (χ4v) is 4.47. The van der Waals surface area contributed by atoms with Gasteiger partial charge in [0.15, 0.2) is 28.8 Å². The van der Waals surface area contributed by atoms with Crippen molar-refractivity contribution >= 4 is 21.8 Å². The molecule has 4 aromatic rings. The summed E-state index contributed by atoms with van der Waals surface area (Å²) in [4.78, 5) is 3.13. The molecule has 1 saturated heterocycles. The number of aromatic nitrogens is 3. The Hall–Kier alpha value is -3.39. The molecule has 0 saturated carbocycles. The Morgan fingerprint density at radius 2 is 1.85 bits per heavy atom. The highest BCUT2D eigenvalue weighted by molar-refractivity contribution is 5.88. The van der Waals surface area contributed by atoms with E-state index in [1.54, 1.807) is 37.4 Å². The van der Waals surface area contributed by atoms with Crippen LogP contribution in [0.1, 0.15) is 25.5 Å². The molecule has 0 bridgehead atoms. The van der Waals surface area contributed by atoms with Gasteiger partial charge in [-0.3, -0.25) is 0 Å². The van der Waals surface area contributed by atoms with E-state index in [9.17, 15) is 0 Å². The van der Waals surface area contributed by atoms with Crippen molar-refractivity contribution in [2.45, 2.75) is 32.8 Å². The van der Waals surface area contributed by atoms with Crippen LogP contribution in [0.5, 0.6) is 23.0 Å². The fraction of sp³-hybridized carbons (Fsp3) is 0.360. The van der Waals surface area contributed by atoms with Crippen molar-refractivity contribution in [2.24, 2.45) is 5.92 Å². The van der Waals surface area contributed by atoms with Crippen LogP contribution in [-0.2, 0) is 0 Å². The average molecular weight is 451 g/mol. The van der Waals surface area contributed by atoms with Gasteiger partial charge in [-0.25, -0.2) is 4.39 Å². The van der Waals surface area contributed by atoms with E-state index in [0.29, 0.717) is 39.5 Å². The van der Waals surface area contributed by atoms with Crippen LogP contribution >= 0.6 is 0 Å². The summed E-state index contributed by atoms with van der Waals surface area (Å²) >= 11 is 0. The Kier molecular flexibility index (Phi) is 5.76. The van der Waals surface area contributed by atoms with Crippen molar-refractivity contribution < 1.29 is 18.6 Å². The normalized spacial score (nSPS) is 15.6. The first kappa shape index (κ1) is 21.5. The van der Waals surface area contributed by atoms with Crippen molar-refractivity contribution in [1.82, 2.24) is 20.5 Å². The zero-order valence-electron chi connectivity index (χ0n) is 18.9. The molecule has 2 aromatic carbocycles. The molecule has 33 heavy (non-hydrogen) atoms. The molecule has 0 aliphatic carbocycles. The number of ether oxygens (including phenoxy) is 3. The number of aromatic amines is 1. The third-order valence-electron chi connectivity index (χ3n) is 6.31. The number of fused-ring (bicyclic) bond motifs is 2. The van der Waals surface area contributed by atoms with Gasteiger partial charge in [0.25, 0.3) is 0 Å². The monoisotopic (exact) mass is 450 g/mol. The van der Waals surface area contributed by atoms with Gasteiger partial charge in [-0.05, 0) is 70.0 Å². The molecule has 2 N–H and O–H groups in total. The fourth-order valence-electron chi connectivity index (χ4n) is 4.47. The van der Waals surface area contributed by atoms with Crippen molar-refractivity contribution in [3.8, 4) is 23.0 Å². The van der Waals surface area contributed by atoms with Gasteiger partial charge in [0.1, 0.15) is 5.52 Å². The quantitative estimate of drug-likeness (QED) is 0.424. The van der Waals surface area contributed by atoms with E-state index in [1.165, 1.54) is 6.20 Å². The summed E-state index contributed by atoms with van der Waals surface area (Å²) < 4.78 is 32.9. The standard InChI is InChI=1S/C25H27FN4O3/c1-14-10-18-19(29-14)4-5-21(25(18)26)33-24-13-28-30-20-12-23(22(31-3)11-17(20)24)32-15(2)16-6-8-27-9-7-16/h4-5,10-13,15-16,27,29H,6-9H2,1-3H3. The summed E-state index contributed by atoms with van der Waals surface area (Å²) in [5.74, 6) is 1.74. The van der Waals surface area contributed by atoms with Gasteiger partial charge >= 0.3 is 0 Å². The molecule has 0 spiro atoms. The highest BCUT2D eigenvalue weighted by Crippen LogP contribution is 2.39. The van der Waals surface area contributed by atoms with Gasteiger partial charge in [0.2, 0.25) is 0 Å². The molecule has 8 heteroatoms. The maximum Gasteiger partial charge on any atom is 0.175 e. The zero-order chi connectivity index (χ0) is 22.9. The highest BCUT2D eigenvalue weighted by Gasteiger charge is 2.23. The van der Waals surface area contributed by atoms with Crippen LogP contribution in [0.3, 0.4) is 0 Å². The van der Waals surface area contributed by atoms with Gasteiger partial charge in [-0.1, -0.05) is 0 Å². The highest BCUT2D eigenvalue weighted by atomic mass is 19.1. The number of H-pyrrole nitrogens is 1. The van der Waals surface area contributed by atoms with E-state index in [-0.39, 0.29) is 11.9 Å². The third kappa shape index (κ3) is 4.18. The molecule has 1 atom stereocenters. The topological polar surface area (TPSA) is 81.3 Å². The molecule has 0 radical (unpaired) electrons. The van der Waals surface area contributed by atoms with Gasteiger partial charge in [-0.2, -0.15) is 10.2 Å². The Balaban J connectivity index is 1.47. The zero-order valence-corrected chi connectivity index (χ0v) is 18.9. The first-order valence-corrected chi connectivity index (χ1v) is 11.2. The SMILES string of the molecule is COc1cc2c(Oc3ccc4[nH]c(C)cc4c3F)cnnc2cc1OC(C)C1CCNCC1. The molecule has 172 valence electrons. The second-order valence-electron chi connectivity index (χ2n) is 8.53. The second kappa shape index (κ2) is 8.86. The molecular formula is C25H27FN4O3. The van der Waals surface area contributed by atoms with Crippen LogP contribution in [0.15, 0.2) is 36.5 Å². The molecule has 1 aliphatic heterocycles. The van der Waals surface area contributed by atoms with E-state index >= 15 is 4.39 Å². The van der Waals surface area contributed by atoms with Crippen molar-refractivity contribution in [3.63, 3.8) is 0 Å². The predicted molar refractivity (Wildman–Crippen MR) is 125 cm³/mol. The molecule has 3 heterocycles. The number of halogens is 1. The largest absolute Gasteiger partial charge is 0.493 e. The Morgan fingerprint density at radius 1 is 1.03 bits per heavy atom. The predicted octanol–water partition coefficient (Wildman–Crippen LogP) is 5.13. The minimum Gasteiger partial charge on any atom is -0.493 e. The van der Waals surface area contributed by atoms with E-state index in [1.807, 2.05) is 6.92 Å². The number of piperidine rings is 1. The first-order valence-electron chi connectivity index (χ1n) is 11.2. The lowest BCUT2D eigenvalue weighted by atomic mass is 9.93. The smallest absolute Gasteiger partial charge is 0.175 e. The number of hydrogen-bond acceptors (Lipinski definition) is 6. The summed E-state index contributed by atoms with van der Waals surface area (Å²) in [5, 5.41) is 12.8. The summed E-state index contributed by atoms with van der Waals surface area (Å²) in [6.07, 6.45) is 3.67. The summed E-state index contributed by atoms with van der Waals surface area (Å²) in [6.45, 7) is 5.98. The van der Waals surface area contributed by atoms with Crippen LogP contribution in [0.2, 0.25) is 0 Å². The number of nitrogens with zero attached hydrogens (tertiary/aromatic N) is 2. The summed E-state index contributed by atoms with van der Waals surface area (Å²) in [6, 6.07) is 8.78. The van der Waals surface area contributed by atoms with E-state index in [0.717, 1.165) is 37.1 Å². The number of methoxy groups -OCH3 is 1.